The van der Waals surface area contributed by atoms with Crippen molar-refractivity contribution >= 4 is 17.4 Å². The van der Waals surface area contributed by atoms with E-state index < -0.39 is 0 Å². The highest BCUT2D eigenvalue weighted by Gasteiger charge is 2.05. The number of hydrogen-bond acceptors (Lipinski definition) is 3. The molecule has 5 heteroatoms. The molecular formula is C15H15ClN2O2. The van der Waals surface area contributed by atoms with Crippen LogP contribution in [0.3, 0.4) is 0 Å². The second-order valence-electron chi connectivity index (χ2n) is 4.38. The van der Waals surface area contributed by atoms with Crippen LogP contribution in [0.4, 0.5) is 0 Å². The molecule has 2 aromatic carbocycles. The molecule has 0 saturated heterocycles. The van der Waals surface area contributed by atoms with E-state index >= 15 is 0 Å². The number of nitrogens with two attached hydrogens (primary N) is 1. The molecule has 104 valence electrons. The Kier molecular flexibility index (Phi) is 4.48. The first-order valence-electron chi connectivity index (χ1n) is 6.06. The third kappa shape index (κ3) is 3.42. The van der Waals surface area contributed by atoms with E-state index in [9.17, 15) is 0 Å². The smallest absolute Gasteiger partial charge is 0.170 e. The molecule has 3 N–H and O–H groups in total. The van der Waals surface area contributed by atoms with Crippen LogP contribution >= 0.6 is 11.6 Å². The molecule has 0 aromatic heterocycles. The van der Waals surface area contributed by atoms with Crippen LogP contribution in [0.15, 0.2) is 47.6 Å². The zero-order valence-corrected chi connectivity index (χ0v) is 11.8. The Labute approximate surface area is 122 Å². The van der Waals surface area contributed by atoms with E-state index in [1.807, 2.05) is 37.3 Å². The normalized spacial score (nSPS) is 11.4. The van der Waals surface area contributed by atoms with Gasteiger partial charge >= 0.3 is 0 Å². The number of ether oxygens (including phenoxy) is 1. The number of hydrogen-bond donors (Lipinski definition) is 2. The number of nitrogens with zero attached hydrogens (tertiary/aromatic N) is 1. The molecule has 0 spiro atoms. The third-order valence-electron chi connectivity index (χ3n) is 2.90. The lowest BCUT2D eigenvalue weighted by Crippen LogP contribution is -2.13. The highest BCUT2D eigenvalue weighted by atomic mass is 35.5. The van der Waals surface area contributed by atoms with Gasteiger partial charge in [0.2, 0.25) is 0 Å². The summed E-state index contributed by atoms with van der Waals surface area (Å²) in [6, 6.07) is 12.8. The summed E-state index contributed by atoms with van der Waals surface area (Å²) in [5.41, 5.74) is 8.18. The van der Waals surface area contributed by atoms with Crippen molar-refractivity contribution in [2.45, 2.75) is 13.5 Å². The molecule has 2 rings (SSSR count). The van der Waals surface area contributed by atoms with Crippen LogP contribution in [0.5, 0.6) is 5.75 Å². The summed E-state index contributed by atoms with van der Waals surface area (Å²) in [6.07, 6.45) is 0. The number of amidine groups is 1. The van der Waals surface area contributed by atoms with Gasteiger partial charge in [-0.05, 0) is 36.2 Å². The maximum absolute atomic E-state index is 8.69. The zero-order valence-electron chi connectivity index (χ0n) is 11.0. The van der Waals surface area contributed by atoms with Gasteiger partial charge < -0.3 is 15.7 Å². The van der Waals surface area contributed by atoms with Crippen molar-refractivity contribution in [3.8, 4) is 5.75 Å². The van der Waals surface area contributed by atoms with Gasteiger partial charge in [0.05, 0.1) is 0 Å². The van der Waals surface area contributed by atoms with E-state index in [4.69, 9.17) is 27.3 Å². The fourth-order valence-electron chi connectivity index (χ4n) is 1.71. The van der Waals surface area contributed by atoms with Gasteiger partial charge in [-0.15, -0.1) is 0 Å². The minimum atomic E-state index is 0.0568. The molecule has 0 radical (unpaired) electrons. The second kappa shape index (κ2) is 6.30. The number of oxime groups is 1. The van der Waals surface area contributed by atoms with Gasteiger partial charge in [-0.1, -0.05) is 41.0 Å². The fraction of sp³-hybridized carbons (Fsp3) is 0.133. The Balaban J connectivity index is 2.14. The molecule has 0 amide bonds. The minimum Gasteiger partial charge on any atom is -0.489 e. The van der Waals surface area contributed by atoms with Crippen LogP contribution in [0.1, 0.15) is 16.7 Å². The van der Waals surface area contributed by atoms with Crippen LogP contribution < -0.4 is 10.5 Å². The summed E-state index contributed by atoms with van der Waals surface area (Å²) in [5.74, 6) is 0.755. The Morgan fingerprint density at radius 1 is 1.25 bits per heavy atom. The molecule has 0 unspecified atom stereocenters. The van der Waals surface area contributed by atoms with Crippen molar-refractivity contribution in [3.63, 3.8) is 0 Å². The summed E-state index contributed by atoms with van der Waals surface area (Å²) in [4.78, 5) is 0. The van der Waals surface area contributed by atoms with Crippen molar-refractivity contribution in [2.24, 2.45) is 10.9 Å². The lowest BCUT2D eigenvalue weighted by Gasteiger charge is -2.11. The number of aryl methyl sites for hydroxylation is 1. The van der Waals surface area contributed by atoms with E-state index in [1.165, 1.54) is 0 Å². The molecule has 0 aliphatic rings. The molecule has 0 aliphatic heterocycles. The average molecular weight is 291 g/mol. The van der Waals surface area contributed by atoms with Gasteiger partial charge in [0.1, 0.15) is 12.4 Å². The topological polar surface area (TPSA) is 67.8 Å². The Hall–Kier alpha value is -2.20. The maximum atomic E-state index is 8.69. The van der Waals surface area contributed by atoms with Crippen LogP contribution in [-0.4, -0.2) is 11.0 Å². The lowest BCUT2D eigenvalue weighted by atomic mass is 10.1. The summed E-state index contributed by atoms with van der Waals surface area (Å²) in [7, 11) is 0. The summed E-state index contributed by atoms with van der Waals surface area (Å²) in [6.45, 7) is 2.37. The zero-order chi connectivity index (χ0) is 14.5. The van der Waals surface area contributed by atoms with Crippen LogP contribution in [0, 0.1) is 6.92 Å². The molecule has 0 aliphatic carbocycles. The first-order valence-corrected chi connectivity index (χ1v) is 6.43. The van der Waals surface area contributed by atoms with E-state index in [0.717, 1.165) is 11.1 Å². The van der Waals surface area contributed by atoms with Crippen molar-refractivity contribution in [2.75, 3.05) is 0 Å². The monoisotopic (exact) mass is 290 g/mol. The molecule has 0 fully saturated rings. The average Bonchev–Trinajstić information content (AvgIpc) is 2.47. The lowest BCUT2D eigenvalue weighted by molar-refractivity contribution is 0.304. The highest BCUT2D eigenvalue weighted by Crippen LogP contribution is 2.21. The third-order valence-corrected chi connectivity index (χ3v) is 3.15. The number of benzene rings is 2. The molecule has 20 heavy (non-hydrogen) atoms. The SMILES string of the molecule is Cc1ccc(/C(N)=N/O)cc1OCc1ccc(Cl)cc1. The van der Waals surface area contributed by atoms with Gasteiger partial charge in [-0.3, -0.25) is 0 Å². The van der Waals surface area contributed by atoms with Crippen LogP contribution in [0.2, 0.25) is 5.02 Å². The first-order chi connectivity index (χ1) is 9.60. The van der Waals surface area contributed by atoms with E-state index in [2.05, 4.69) is 5.16 Å². The Morgan fingerprint density at radius 3 is 2.60 bits per heavy atom. The van der Waals surface area contributed by atoms with E-state index in [1.54, 1.807) is 12.1 Å². The fourth-order valence-corrected chi connectivity index (χ4v) is 1.84. The maximum Gasteiger partial charge on any atom is 0.170 e. The van der Waals surface area contributed by atoms with Crippen molar-refractivity contribution in [1.82, 2.24) is 0 Å². The first kappa shape index (κ1) is 14.2. The molecule has 0 atom stereocenters. The highest BCUT2D eigenvalue weighted by molar-refractivity contribution is 6.30. The van der Waals surface area contributed by atoms with Crippen molar-refractivity contribution in [3.05, 3.63) is 64.2 Å². The molecule has 4 nitrogen and oxygen atoms in total. The predicted molar refractivity (Wildman–Crippen MR) is 79.5 cm³/mol. The standard InChI is InChI=1S/C15H15ClN2O2/c1-10-2-5-12(15(17)18-19)8-14(10)20-9-11-3-6-13(16)7-4-11/h2-8,19H,9H2,1H3,(H2,17,18). The van der Waals surface area contributed by atoms with Gasteiger partial charge in [-0.2, -0.15) is 0 Å². The summed E-state index contributed by atoms with van der Waals surface area (Å²) in [5, 5.41) is 12.4. The largest absolute Gasteiger partial charge is 0.489 e. The van der Waals surface area contributed by atoms with Gasteiger partial charge in [0.15, 0.2) is 5.84 Å². The summed E-state index contributed by atoms with van der Waals surface area (Å²) >= 11 is 5.83. The quantitative estimate of drug-likeness (QED) is 0.393. The van der Waals surface area contributed by atoms with Gasteiger partial charge in [-0.25, -0.2) is 0 Å². The Bertz CT molecular complexity index is 624. The van der Waals surface area contributed by atoms with Crippen LogP contribution in [-0.2, 0) is 6.61 Å². The summed E-state index contributed by atoms with van der Waals surface area (Å²) < 4.78 is 5.76. The number of rotatable bonds is 4. The van der Waals surface area contributed by atoms with Crippen LogP contribution in [0.25, 0.3) is 0 Å². The molecule has 0 saturated carbocycles. The predicted octanol–water partition coefficient (Wildman–Crippen LogP) is 3.32. The van der Waals surface area contributed by atoms with Crippen molar-refractivity contribution in [1.29, 1.82) is 0 Å². The van der Waals surface area contributed by atoms with Crippen molar-refractivity contribution < 1.29 is 9.94 Å². The minimum absolute atomic E-state index is 0.0568. The molecular weight excluding hydrogens is 276 g/mol. The van der Waals surface area contributed by atoms with E-state index in [-0.39, 0.29) is 5.84 Å². The Morgan fingerprint density at radius 2 is 1.95 bits per heavy atom. The van der Waals surface area contributed by atoms with Gasteiger partial charge in [0.25, 0.3) is 0 Å². The van der Waals surface area contributed by atoms with Gasteiger partial charge in [0, 0.05) is 10.6 Å². The second-order valence-corrected chi connectivity index (χ2v) is 4.82. The molecule has 0 heterocycles. The molecule has 2 aromatic rings. The van der Waals surface area contributed by atoms with E-state index in [0.29, 0.717) is 22.9 Å². The molecule has 0 bridgehead atoms. The number of halogens is 1.